The van der Waals surface area contributed by atoms with Crippen LogP contribution in [0.2, 0.25) is 0 Å². The Morgan fingerprint density at radius 3 is 2.90 bits per heavy atom. The van der Waals surface area contributed by atoms with Crippen LogP contribution < -0.4 is 5.32 Å². The Balaban J connectivity index is 1.71. The van der Waals surface area contributed by atoms with Crippen LogP contribution in [0.3, 0.4) is 0 Å². The second-order valence-corrected chi connectivity index (χ2v) is 7.56. The predicted molar refractivity (Wildman–Crippen MR) is 85.1 cm³/mol. The van der Waals surface area contributed by atoms with Crippen molar-refractivity contribution in [2.75, 3.05) is 5.33 Å². The Hall–Kier alpha value is -0.830. The standard InChI is InChI=1S/C17H22BrNO/c1-17(2,9-10-18)19-16(20)15-13-8-7-11-5-3-4-6-12(11)14(13)15/h3-6,13-15H,7-10H2,1-2H3,(H,19,20). The van der Waals surface area contributed by atoms with Crippen LogP contribution in [0.5, 0.6) is 0 Å². The number of rotatable bonds is 4. The third-order valence-electron chi connectivity index (χ3n) is 4.81. The molecular formula is C17H22BrNO. The van der Waals surface area contributed by atoms with E-state index in [1.807, 2.05) is 0 Å². The second-order valence-electron chi connectivity index (χ2n) is 6.77. The van der Waals surface area contributed by atoms with E-state index in [0.29, 0.717) is 11.8 Å². The SMILES string of the molecule is CC(C)(CCBr)NC(=O)C1C2CCc3ccccc3C21. The van der Waals surface area contributed by atoms with Crippen molar-refractivity contribution >= 4 is 21.8 Å². The number of hydrogen-bond donors (Lipinski definition) is 1. The van der Waals surface area contributed by atoms with Crippen molar-refractivity contribution in [1.29, 1.82) is 0 Å². The number of carbonyl (C=O) groups excluding carboxylic acids is 1. The maximum Gasteiger partial charge on any atom is 0.224 e. The Bertz CT molecular complexity index is 525. The molecule has 0 radical (unpaired) electrons. The molecule has 2 aliphatic rings. The molecule has 0 heterocycles. The van der Waals surface area contributed by atoms with Crippen LogP contribution in [0, 0.1) is 11.8 Å². The average Bonchev–Trinajstić information content (AvgIpc) is 3.12. The highest BCUT2D eigenvalue weighted by molar-refractivity contribution is 9.09. The number of fused-ring (bicyclic) bond motifs is 3. The second kappa shape index (κ2) is 5.18. The molecule has 3 rings (SSSR count). The van der Waals surface area contributed by atoms with Gasteiger partial charge in [-0.1, -0.05) is 40.2 Å². The Morgan fingerprint density at radius 2 is 2.15 bits per heavy atom. The molecule has 3 heteroatoms. The maximum absolute atomic E-state index is 12.5. The van der Waals surface area contributed by atoms with Crippen LogP contribution in [0.4, 0.5) is 0 Å². The smallest absolute Gasteiger partial charge is 0.224 e. The first-order valence-electron chi connectivity index (χ1n) is 7.49. The molecule has 3 unspecified atom stereocenters. The average molecular weight is 336 g/mol. The number of amides is 1. The molecule has 0 spiro atoms. The highest BCUT2D eigenvalue weighted by Crippen LogP contribution is 2.59. The van der Waals surface area contributed by atoms with Crippen molar-refractivity contribution in [3.63, 3.8) is 0 Å². The molecule has 0 saturated heterocycles. The molecule has 20 heavy (non-hydrogen) atoms. The van der Waals surface area contributed by atoms with E-state index in [9.17, 15) is 4.79 Å². The number of benzene rings is 1. The van der Waals surface area contributed by atoms with Crippen LogP contribution in [-0.4, -0.2) is 16.8 Å². The number of carbonyl (C=O) groups is 1. The molecule has 1 aromatic rings. The van der Waals surface area contributed by atoms with E-state index in [0.717, 1.165) is 18.2 Å². The van der Waals surface area contributed by atoms with Crippen molar-refractivity contribution in [3.8, 4) is 0 Å². The lowest BCUT2D eigenvalue weighted by Crippen LogP contribution is -2.44. The van der Waals surface area contributed by atoms with Gasteiger partial charge in [0.25, 0.3) is 0 Å². The number of aryl methyl sites for hydroxylation is 1. The van der Waals surface area contributed by atoms with E-state index >= 15 is 0 Å². The van der Waals surface area contributed by atoms with E-state index in [2.05, 4.69) is 59.4 Å². The molecule has 2 nitrogen and oxygen atoms in total. The fourth-order valence-electron chi connectivity index (χ4n) is 3.64. The van der Waals surface area contributed by atoms with E-state index in [-0.39, 0.29) is 17.4 Å². The van der Waals surface area contributed by atoms with E-state index in [1.165, 1.54) is 17.5 Å². The summed E-state index contributed by atoms with van der Waals surface area (Å²) in [6.45, 7) is 4.21. The first kappa shape index (κ1) is 14.1. The molecule has 1 amide bonds. The fraction of sp³-hybridized carbons (Fsp3) is 0.588. The minimum absolute atomic E-state index is 0.119. The van der Waals surface area contributed by atoms with E-state index in [4.69, 9.17) is 0 Å². The molecule has 0 bridgehead atoms. The molecule has 1 fully saturated rings. The molecule has 1 N–H and O–H groups in total. The highest BCUT2D eigenvalue weighted by Gasteiger charge is 2.57. The van der Waals surface area contributed by atoms with E-state index < -0.39 is 0 Å². The number of nitrogens with one attached hydrogen (secondary N) is 1. The summed E-state index contributed by atoms with van der Waals surface area (Å²) in [5.74, 6) is 1.50. The fourth-order valence-corrected chi connectivity index (χ4v) is 4.63. The highest BCUT2D eigenvalue weighted by atomic mass is 79.9. The zero-order chi connectivity index (χ0) is 14.3. The van der Waals surface area contributed by atoms with Crippen molar-refractivity contribution in [1.82, 2.24) is 5.32 Å². The molecule has 1 aromatic carbocycles. The molecule has 3 atom stereocenters. The van der Waals surface area contributed by atoms with Crippen molar-refractivity contribution < 1.29 is 4.79 Å². The molecular weight excluding hydrogens is 314 g/mol. The van der Waals surface area contributed by atoms with Gasteiger partial charge < -0.3 is 5.32 Å². The van der Waals surface area contributed by atoms with Crippen molar-refractivity contribution in [2.24, 2.45) is 11.8 Å². The van der Waals surface area contributed by atoms with Crippen LogP contribution in [-0.2, 0) is 11.2 Å². The quantitative estimate of drug-likeness (QED) is 0.836. The van der Waals surface area contributed by atoms with Crippen LogP contribution in [0.25, 0.3) is 0 Å². The molecule has 2 aliphatic carbocycles. The van der Waals surface area contributed by atoms with Gasteiger partial charge in [0, 0.05) is 16.8 Å². The third kappa shape index (κ3) is 2.52. The van der Waals surface area contributed by atoms with Gasteiger partial charge in [-0.3, -0.25) is 4.79 Å². The molecule has 108 valence electrons. The summed E-state index contributed by atoms with van der Waals surface area (Å²) in [4.78, 5) is 12.5. The Morgan fingerprint density at radius 1 is 1.40 bits per heavy atom. The normalized spacial score (nSPS) is 27.4. The summed E-state index contributed by atoms with van der Waals surface area (Å²) in [7, 11) is 0. The van der Waals surface area contributed by atoms with Gasteiger partial charge >= 0.3 is 0 Å². The van der Waals surface area contributed by atoms with Crippen LogP contribution in [0.1, 0.15) is 43.7 Å². The topological polar surface area (TPSA) is 29.1 Å². The first-order valence-corrected chi connectivity index (χ1v) is 8.61. The largest absolute Gasteiger partial charge is 0.351 e. The monoisotopic (exact) mass is 335 g/mol. The van der Waals surface area contributed by atoms with Gasteiger partial charge in [0.05, 0.1) is 0 Å². The van der Waals surface area contributed by atoms with Gasteiger partial charge in [-0.25, -0.2) is 0 Å². The van der Waals surface area contributed by atoms with Crippen molar-refractivity contribution in [2.45, 2.75) is 44.6 Å². The first-order chi connectivity index (χ1) is 9.53. The van der Waals surface area contributed by atoms with Gasteiger partial charge in [0.15, 0.2) is 0 Å². The zero-order valence-corrected chi connectivity index (χ0v) is 13.7. The zero-order valence-electron chi connectivity index (χ0n) is 12.2. The number of alkyl halides is 1. The summed E-state index contributed by atoms with van der Waals surface area (Å²) in [6.07, 6.45) is 3.25. The van der Waals surface area contributed by atoms with E-state index in [1.54, 1.807) is 0 Å². The molecule has 0 aliphatic heterocycles. The third-order valence-corrected chi connectivity index (χ3v) is 5.21. The lowest BCUT2D eigenvalue weighted by atomic mass is 9.92. The summed E-state index contributed by atoms with van der Waals surface area (Å²) < 4.78 is 0. The summed E-state index contributed by atoms with van der Waals surface area (Å²) in [5, 5.41) is 4.15. The Kier molecular flexibility index (Phi) is 3.65. The maximum atomic E-state index is 12.5. The van der Waals surface area contributed by atoms with Gasteiger partial charge in [-0.15, -0.1) is 0 Å². The summed E-state index contributed by atoms with van der Waals surface area (Å²) >= 11 is 3.46. The molecule has 1 saturated carbocycles. The number of hydrogen-bond acceptors (Lipinski definition) is 1. The number of halogens is 1. The van der Waals surface area contributed by atoms with Gasteiger partial charge in [0.2, 0.25) is 5.91 Å². The Labute approximate surface area is 129 Å². The van der Waals surface area contributed by atoms with Gasteiger partial charge in [-0.05, 0) is 56.1 Å². The minimum atomic E-state index is -0.119. The van der Waals surface area contributed by atoms with Crippen LogP contribution in [0.15, 0.2) is 24.3 Å². The van der Waals surface area contributed by atoms with Crippen molar-refractivity contribution in [3.05, 3.63) is 35.4 Å². The van der Waals surface area contributed by atoms with Gasteiger partial charge in [0.1, 0.15) is 0 Å². The summed E-state index contributed by atoms with van der Waals surface area (Å²) in [5.41, 5.74) is 2.75. The summed E-state index contributed by atoms with van der Waals surface area (Å²) in [6, 6.07) is 8.63. The lowest BCUT2D eigenvalue weighted by Gasteiger charge is -2.25. The lowest BCUT2D eigenvalue weighted by molar-refractivity contribution is -0.124. The van der Waals surface area contributed by atoms with Gasteiger partial charge in [-0.2, -0.15) is 0 Å². The molecule has 0 aromatic heterocycles. The minimum Gasteiger partial charge on any atom is -0.351 e. The predicted octanol–water partition coefficient (Wildman–Crippen LogP) is 3.64. The van der Waals surface area contributed by atoms with Crippen LogP contribution >= 0.6 is 15.9 Å².